The van der Waals surface area contributed by atoms with Gasteiger partial charge in [-0.3, -0.25) is 14.5 Å². The van der Waals surface area contributed by atoms with Crippen molar-refractivity contribution >= 4 is 11.8 Å². The summed E-state index contributed by atoms with van der Waals surface area (Å²) in [7, 11) is 0. The van der Waals surface area contributed by atoms with Gasteiger partial charge in [-0.25, -0.2) is 0 Å². The molecule has 2 aliphatic heterocycles. The molecule has 1 unspecified atom stereocenters. The van der Waals surface area contributed by atoms with E-state index in [1.807, 2.05) is 0 Å². The molecule has 0 radical (unpaired) electrons. The zero-order valence-corrected chi connectivity index (χ0v) is 15.3. The van der Waals surface area contributed by atoms with Crippen LogP contribution in [0.1, 0.15) is 43.7 Å². The minimum atomic E-state index is -0.262. The SMILES string of the molecule is CC(=O)N1CCCC1C(=O)NC1CCN(Cc2ccccc2C)CC1. The molecule has 136 valence electrons. The molecule has 0 saturated carbocycles. The van der Waals surface area contributed by atoms with Crippen LogP contribution < -0.4 is 5.32 Å². The quantitative estimate of drug-likeness (QED) is 0.911. The Morgan fingerprint density at radius 1 is 1.12 bits per heavy atom. The van der Waals surface area contributed by atoms with E-state index in [0.717, 1.165) is 45.3 Å². The standard InChI is InChI=1S/C20H29N3O2/c1-15-6-3-4-7-17(15)14-22-12-9-18(10-13-22)21-20(25)19-8-5-11-23(19)16(2)24/h3-4,6-7,18-19H,5,8-14H2,1-2H3,(H,21,25). The van der Waals surface area contributed by atoms with Crippen molar-refractivity contribution in [3.8, 4) is 0 Å². The molecular formula is C20H29N3O2. The van der Waals surface area contributed by atoms with Gasteiger partial charge in [0.1, 0.15) is 6.04 Å². The number of nitrogens with one attached hydrogen (secondary N) is 1. The lowest BCUT2D eigenvalue weighted by atomic mass is 10.0. The molecule has 2 saturated heterocycles. The number of amides is 2. The van der Waals surface area contributed by atoms with E-state index in [2.05, 4.69) is 41.4 Å². The van der Waals surface area contributed by atoms with Crippen molar-refractivity contribution < 1.29 is 9.59 Å². The Labute approximate surface area is 150 Å². The largest absolute Gasteiger partial charge is 0.351 e. The molecular weight excluding hydrogens is 314 g/mol. The predicted octanol–water partition coefficient (Wildman–Crippen LogP) is 2.09. The fourth-order valence-corrected chi connectivity index (χ4v) is 3.98. The first-order valence-electron chi connectivity index (χ1n) is 9.39. The molecule has 25 heavy (non-hydrogen) atoms. The molecule has 0 bridgehead atoms. The predicted molar refractivity (Wildman–Crippen MR) is 98.0 cm³/mol. The number of piperidine rings is 1. The van der Waals surface area contributed by atoms with Crippen LogP contribution in [0.15, 0.2) is 24.3 Å². The summed E-state index contributed by atoms with van der Waals surface area (Å²) in [5.41, 5.74) is 2.72. The van der Waals surface area contributed by atoms with Crippen LogP contribution in [0.4, 0.5) is 0 Å². The molecule has 1 atom stereocenters. The zero-order chi connectivity index (χ0) is 17.8. The van der Waals surface area contributed by atoms with E-state index >= 15 is 0 Å². The summed E-state index contributed by atoms with van der Waals surface area (Å²) in [6, 6.07) is 8.49. The number of benzene rings is 1. The first-order valence-corrected chi connectivity index (χ1v) is 9.39. The highest BCUT2D eigenvalue weighted by Crippen LogP contribution is 2.20. The van der Waals surface area contributed by atoms with Crippen LogP contribution in [0, 0.1) is 6.92 Å². The molecule has 2 fully saturated rings. The van der Waals surface area contributed by atoms with Gasteiger partial charge in [-0.1, -0.05) is 24.3 Å². The molecule has 1 aromatic carbocycles. The van der Waals surface area contributed by atoms with E-state index in [1.54, 1.807) is 11.8 Å². The van der Waals surface area contributed by atoms with Crippen LogP contribution in [0.5, 0.6) is 0 Å². The lowest BCUT2D eigenvalue weighted by molar-refractivity contribution is -0.137. The Morgan fingerprint density at radius 3 is 2.52 bits per heavy atom. The van der Waals surface area contributed by atoms with Gasteiger partial charge in [0.25, 0.3) is 0 Å². The molecule has 5 nitrogen and oxygen atoms in total. The number of rotatable bonds is 4. The third kappa shape index (κ3) is 4.40. The average Bonchev–Trinajstić information content (AvgIpc) is 3.09. The van der Waals surface area contributed by atoms with E-state index < -0.39 is 0 Å². The second-order valence-electron chi connectivity index (χ2n) is 7.36. The van der Waals surface area contributed by atoms with Gasteiger partial charge in [0.15, 0.2) is 0 Å². The summed E-state index contributed by atoms with van der Waals surface area (Å²) in [4.78, 5) is 28.3. The fourth-order valence-electron chi connectivity index (χ4n) is 3.98. The average molecular weight is 343 g/mol. The molecule has 0 aromatic heterocycles. The van der Waals surface area contributed by atoms with Crippen molar-refractivity contribution in [2.45, 2.75) is 58.2 Å². The smallest absolute Gasteiger partial charge is 0.243 e. The Kier molecular flexibility index (Phi) is 5.74. The van der Waals surface area contributed by atoms with Gasteiger partial charge in [0, 0.05) is 39.1 Å². The van der Waals surface area contributed by atoms with Gasteiger partial charge in [0.2, 0.25) is 11.8 Å². The van der Waals surface area contributed by atoms with Crippen molar-refractivity contribution in [1.82, 2.24) is 15.1 Å². The van der Waals surface area contributed by atoms with E-state index in [0.29, 0.717) is 6.54 Å². The number of aryl methyl sites for hydroxylation is 1. The number of carbonyl (C=O) groups excluding carboxylic acids is 2. The van der Waals surface area contributed by atoms with Gasteiger partial charge in [0.05, 0.1) is 0 Å². The third-order valence-corrected chi connectivity index (χ3v) is 5.55. The summed E-state index contributed by atoms with van der Waals surface area (Å²) < 4.78 is 0. The Morgan fingerprint density at radius 2 is 1.84 bits per heavy atom. The topological polar surface area (TPSA) is 52.7 Å². The van der Waals surface area contributed by atoms with Crippen LogP contribution >= 0.6 is 0 Å². The Bertz CT molecular complexity index is 623. The van der Waals surface area contributed by atoms with Crippen LogP contribution in [0.2, 0.25) is 0 Å². The number of hydrogen-bond acceptors (Lipinski definition) is 3. The van der Waals surface area contributed by atoms with Gasteiger partial charge in [-0.2, -0.15) is 0 Å². The maximum absolute atomic E-state index is 12.5. The highest BCUT2D eigenvalue weighted by molar-refractivity contribution is 5.87. The molecule has 1 aromatic rings. The normalized spacial score (nSPS) is 22.2. The van der Waals surface area contributed by atoms with E-state index in [-0.39, 0.29) is 23.9 Å². The molecule has 3 rings (SSSR count). The van der Waals surface area contributed by atoms with Crippen molar-refractivity contribution in [1.29, 1.82) is 0 Å². The van der Waals surface area contributed by atoms with Gasteiger partial charge in [-0.15, -0.1) is 0 Å². The minimum absolute atomic E-state index is 0.00528. The second kappa shape index (κ2) is 8.00. The monoisotopic (exact) mass is 343 g/mol. The molecule has 1 N–H and O–H groups in total. The summed E-state index contributed by atoms with van der Waals surface area (Å²) in [5, 5.41) is 3.18. The molecule has 0 spiro atoms. The second-order valence-corrected chi connectivity index (χ2v) is 7.36. The summed E-state index contributed by atoms with van der Waals surface area (Å²) in [6.45, 7) is 7.40. The van der Waals surface area contributed by atoms with Gasteiger partial charge in [-0.05, 0) is 43.7 Å². The summed E-state index contributed by atoms with van der Waals surface area (Å²) in [6.07, 6.45) is 3.67. The van der Waals surface area contributed by atoms with Crippen LogP contribution in [-0.4, -0.2) is 53.3 Å². The highest BCUT2D eigenvalue weighted by Gasteiger charge is 2.33. The number of likely N-dealkylation sites (tertiary alicyclic amines) is 2. The van der Waals surface area contributed by atoms with Gasteiger partial charge < -0.3 is 10.2 Å². The number of hydrogen-bond donors (Lipinski definition) is 1. The number of nitrogens with zero attached hydrogens (tertiary/aromatic N) is 2. The lowest BCUT2D eigenvalue weighted by Gasteiger charge is -2.33. The zero-order valence-electron chi connectivity index (χ0n) is 15.3. The molecule has 2 heterocycles. The van der Waals surface area contributed by atoms with Crippen LogP contribution in [0.25, 0.3) is 0 Å². The summed E-state index contributed by atoms with van der Waals surface area (Å²) >= 11 is 0. The minimum Gasteiger partial charge on any atom is -0.351 e. The Balaban J connectivity index is 1.47. The lowest BCUT2D eigenvalue weighted by Crippen LogP contribution is -2.51. The summed E-state index contributed by atoms with van der Waals surface area (Å²) in [5.74, 6) is 0.0377. The molecule has 0 aliphatic carbocycles. The van der Waals surface area contributed by atoms with E-state index in [1.165, 1.54) is 11.1 Å². The van der Waals surface area contributed by atoms with Crippen molar-refractivity contribution in [3.63, 3.8) is 0 Å². The third-order valence-electron chi connectivity index (χ3n) is 5.55. The Hall–Kier alpha value is -1.88. The van der Waals surface area contributed by atoms with Crippen molar-refractivity contribution in [3.05, 3.63) is 35.4 Å². The first kappa shape index (κ1) is 17.9. The number of carbonyl (C=O) groups is 2. The van der Waals surface area contributed by atoms with Crippen LogP contribution in [-0.2, 0) is 16.1 Å². The highest BCUT2D eigenvalue weighted by atomic mass is 16.2. The molecule has 2 amide bonds. The van der Waals surface area contributed by atoms with Crippen LogP contribution in [0.3, 0.4) is 0 Å². The van der Waals surface area contributed by atoms with E-state index in [4.69, 9.17) is 0 Å². The van der Waals surface area contributed by atoms with E-state index in [9.17, 15) is 9.59 Å². The maximum Gasteiger partial charge on any atom is 0.243 e. The van der Waals surface area contributed by atoms with Crippen molar-refractivity contribution in [2.75, 3.05) is 19.6 Å². The molecule has 2 aliphatic rings. The molecule has 5 heteroatoms. The first-order chi connectivity index (χ1) is 12.0. The fraction of sp³-hybridized carbons (Fsp3) is 0.600. The maximum atomic E-state index is 12.5. The van der Waals surface area contributed by atoms with Crippen molar-refractivity contribution in [2.24, 2.45) is 0 Å². The van der Waals surface area contributed by atoms with Gasteiger partial charge >= 0.3 is 0 Å².